The second-order valence-electron chi connectivity index (χ2n) is 4.02. The van der Waals surface area contributed by atoms with Gasteiger partial charge in [0.15, 0.2) is 6.20 Å². The van der Waals surface area contributed by atoms with Gasteiger partial charge in [-0.3, -0.25) is 0 Å². The SMILES string of the molecule is Cc1ccc(C)c(-c2cccc[n+]2C)c1. The molecule has 1 heteroatoms. The summed E-state index contributed by atoms with van der Waals surface area (Å²) in [5.74, 6) is 0. The van der Waals surface area contributed by atoms with E-state index in [0.717, 1.165) is 0 Å². The first-order chi connectivity index (χ1) is 7.18. The Bertz CT molecular complexity index is 486. The van der Waals surface area contributed by atoms with Crippen molar-refractivity contribution < 1.29 is 4.57 Å². The maximum atomic E-state index is 2.24. The molecule has 15 heavy (non-hydrogen) atoms. The van der Waals surface area contributed by atoms with Crippen LogP contribution in [0, 0.1) is 13.8 Å². The van der Waals surface area contributed by atoms with Crippen molar-refractivity contribution in [1.82, 2.24) is 0 Å². The van der Waals surface area contributed by atoms with Crippen LogP contribution in [0.3, 0.4) is 0 Å². The van der Waals surface area contributed by atoms with Crippen molar-refractivity contribution in [3.8, 4) is 11.3 Å². The summed E-state index contributed by atoms with van der Waals surface area (Å²) in [7, 11) is 2.08. The first-order valence-corrected chi connectivity index (χ1v) is 5.21. The largest absolute Gasteiger partial charge is 0.212 e. The molecule has 0 aliphatic rings. The smallest absolute Gasteiger partial charge is 0.201 e. The molecule has 0 unspecified atom stereocenters. The van der Waals surface area contributed by atoms with Crippen LogP contribution >= 0.6 is 0 Å². The van der Waals surface area contributed by atoms with Crippen LogP contribution in [0.4, 0.5) is 0 Å². The number of nitrogens with zero attached hydrogens (tertiary/aromatic N) is 1. The summed E-state index contributed by atoms with van der Waals surface area (Å²) in [5.41, 5.74) is 5.21. The summed E-state index contributed by atoms with van der Waals surface area (Å²) in [4.78, 5) is 0. The van der Waals surface area contributed by atoms with Crippen LogP contribution in [0.15, 0.2) is 42.6 Å². The molecule has 0 spiro atoms. The topological polar surface area (TPSA) is 3.88 Å². The van der Waals surface area contributed by atoms with E-state index in [4.69, 9.17) is 0 Å². The zero-order valence-electron chi connectivity index (χ0n) is 9.49. The number of aryl methyl sites for hydroxylation is 3. The van der Waals surface area contributed by atoms with Crippen LogP contribution in [0.5, 0.6) is 0 Å². The van der Waals surface area contributed by atoms with Crippen molar-refractivity contribution in [3.63, 3.8) is 0 Å². The average Bonchev–Trinajstić information content (AvgIpc) is 2.23. The summed E-state index contributed by atoms with van der Waals surface area (Å²) >= 11 is 0. The second kappa shape index (κ2) is 3.85. The van der Waals surface area contributed by atoms with Crippen LogP contribution in [0.25, 0.3) is 11.3 Å². The van der Waals surface area contributed by atoms with Gasteiger partial charge in [-0.25, -0.2) is 4.57 Å². The maximum Gasteiger partial charge on any atom is 0.212 e. The fourth-order valence-electron chi connectivity index (χ4n) is 1.81. The van der Waals surface area contributed by atoms with Crippen molar-refractivity contribution in [1.29, 1.82) is 0 Å². The third-order valence-electron chi connectivity index (χ3n) is 2.72. The van der Waals surface area contributed by atoms with Gasteiger partial charge < -0.3 is 0 Å². The van der Waals surface area contributed by atoms with Crippen molar-refractivity contribution >= 4 is 0 Å². The minimum atomic E-state index is 1.26. The first-order valence-electron chi connectivity index (χ1n) is 5.21. The van der Waals surface area contributed by atoms with E-state index in [1.54, 1.807) is 0 Å². The molecule has 0 N–H and O–H groups in total. The van der Waals surface area contributed by atoms with Crippen LogP contribution in [-0.2, 0) is 7.05 Å². The van der Waals surface area contributed by atoms with Crippen molar-refractivity contribution in [2.75, 3.05) is 0 Å². The minimum absolute atomic E-state index is 1.26. The maximum absolute atomic E-state index is 2.24. The molecule has 1 nitrogen and oxygen atoms in total. The van der Waals surface area contributed by atoms with Gasteiger partial charge in [0.1, 0.15) is 7.05 Å². The number of aromatic nitrogens is 1. The molecule has 0 amide bonds. The van der Waals surface area contributed by atoms with Gasteiger partial charge in [-0.05, 0) is 31.5 Å². The second-order valence-corrected chi connectivity index (χ2v) is 4.02. The Morgan fingerprint density at radius 3 is 2.53 bits per heavy atom. The lowest BCUT2D eigenvalue weighted by Crippen LogP contribution is -2.30. The van der Waals surface area contributed by atoms with Gasteiger partial charge in [-0.15, -0.1) is 0 Å². The van der Waals surface area contributed by atoms with Gasteiger partial charge >= 0.3 is 0 Å². The lowest BCUT2D eigenvalue weighted by Gasteiger charge is -2.04. The first kappa shape index (κ1) is 9.91. The Labute approximate surface area is 91.0 Å². The van der Waals surface area contributed by atoms with E-state index in [1.807, 2.05) is 0 Å². The summed E-state index contributed by atoms with van der Waals surface area (Å²) in [6.07, 6.45) is 2.08. The molecule has 0 bridgehead atoms. The molecule has 2 aromatic rings. The van der Waals surface area contributed by atoms with Gasteiger partial charge in [0.25, 0.3) is 0 Å². The molecular formula is C14H16N+. The third kappa shape index (κ3) is 1.91. The van der Waals surface area contributed by atoms with Crippen LogP contribution in [0.2, 0.25) is 0 Å². The monoisotopic (exact) mass is 198 g/mol. The standard InChI is InChI=1S/C14H16N/c1-11-7-8-12(2)13(10-11)14-6-4-5-9-15(14)3/h4-10H,1-3H3/q+1. The Morgan fingerprint density at radius 1 is 1.00 bits per heavy atom. The summed E-state index contributed by atoms with van der Waals surface area (Å²) in [5, 5.41) is 0. The molecule has 76 valence electrons. The molecule has 0 saturated carbocycles. The average molecular weight is 198 g/mol. The Morgan fingerprint density at radius 2 is 1.80 bits per heavy atom. The highest BCUT2D eigenvalue weighted by molar-refractivity contribution is 5.61. The highest BCUT2D eigenvalue weighted by atomic mass is 14.9. The van der Waals surface area contributed by atoms with Gasteiger partial charge in [0.2, 0.25) is 5.69 Å². The predicted molar refractivity (Wildman–Crippen MR) is 62.5 cm³/mol. The highest BCUT2D eigenvalue weighted by Gasteiger charge is 2.10. The Hall–Kier alpha value is -1.63. The summed E-state index contributed by atoms with van der Waals surface area (Å²) < 4.78 is 2.15. The molecule has 1 heterocycles. The van der Waals surface area contributed by atoms with Gasteiger partial charge in [0.05, 0.1) is 0 Å². The van der Waals surface area contributed by atoms with E-state index < -0.39 is 0 Å². The molecule has 1 aromatic heterocycles. The van der Waals surface area contributed by atoms with Crippen molar-refractivity contribution in [2.24, 2.45) is 7.05 Å². The van der Waals surface area contributed by atoms with Gasteiger partial charge in [-0.2, -0.15) is 0 Å². The minimum Gasteiger partial charge on any atom is -0.201 e. The Balaban J connectivity index is 2.64. The normalized spacial score (nSPS) is 10.3. The fraction of sp³-hybridized carbons (Fsp3) is 0.214. The zero-order valence-corrected chi connectivity index (χ0v) is 9.49. The molecule has 0 fully saturated rings. The van der Waals surface area contributed by atoms with Gasteiger partial charge in [-0.1, -0.05) is 17.7 Å². The molecule has 2 rings (SSSR count). The third-order valence-corrected chi connectivity index (χ3v) is 2.72. The number of rotatable bonds is 1. The molecular weight excluding hydrogens is 182 g/mol. The van der Waals surface area contributed by atoms with E-state index >= 15 is 0 Å². The molecule has 0 atom stereocenters. The summed E-state index contributed by atoms with van der Waals surface area (Å²) in [6, 6.07) is 12.9. The van der Waals surface area contributed by atoms with Crippen molar-refractivity contribution in [2.45, 2.75) is 13.8 Å². The fourth-order valence-corrected chi connectivity index (χ4v) is 1.81. The number of hydrogen-bond donors (Lipinski definition) is 0. The van der Waals surface area contributed by atoms with E-state index in [0.29, 0.717) is 0 Å². The van der Waals surface area contributed by atoms with Crippen LogP contribution in [-0.4, -0.2) is 0 Å². The predicted octanol–water partition coefficient (Wildman–Crippen LogP) is 2.79. The lowest BCUT2D eigenvalue weighted by molar-refractivity contribution is -0.660. The molecule has 0 saturated heterocycles. The van der Waals surface area contributed by atoms with Crippen LogP contribution in [0.1, 0.15) is 11.1 Å². The van der Waals surface area contributed by atoms with Crippen LogP contribution < -0.4 is 4.57 Å². The quantitative estimate of drug-likeness (QED) is 0.620. The van der Waals surface area contributed by atoms with Crippen molar-refractivity contribution in [3.05, 3.63) is 53.7 Å². The van der Waals surface area contributed by atoms with Gasteiger partial charge in [0, 0.05) is 17.7 Å². The molecule has 1 aromatic carbocycles. The molecule has 0 aliphatic carbocycles. The number of benzene rings is 1. The van der Waals surface area contributed by atoms with E-state index in [9.17, 15) is 0 Å². The summed E-state index contributed by atoms with van der Waals surface area (Å²) in [6.45, 7) is 4.29. The Kier molecular flexibility index (Phi) is 2.55. The molecule has 0 radical (unpaired) electrons. The van der Waals surface area contributed by atoms with E-state index in [1.165, 1.54) is 22.4 Å². The number of hydrogen-bond acceptors (Lipinski definition) is 0. The highest BCUT2D eigenvalue weighted by Crippen LogP contribution is 2.20. The lowest BCUT2D eigenvalue weighted by atomic mass is 10.0. The van der Waals surface area contributed by atoms with E-state index in [2.05, 4.69) is 68.1 Å². The van der Waals surface area contributed by atoms with E-state index in [-0.39, 0.29) is 0 Å². The molecule has 0 aliphatic heterocycles. The number of pyridine rings is 1. The zero-order chi connectivity index (χ0) is 10.8.